The number of aliphatic hydroxyl groups excluding tert-OH is 1. The number of rotatable bonds is 2. The van der Waals surface area contributed by atoms with Gasteiger partial charge in [-0.05, 0) is 13.8 Å². The van der Waals surface area contributed by atoms with Crippen LogP contribution in [-0.2, 0) is 24.9 Å². The molecular formula is C15H15IrN2O2-. The zero-order valence-electron chi connectivity index (χ0n) is 11.2. The van der Waals surface area contributed by atoms with Crippen molar-refractivity contribution in [3.8, 4) is 11.3 Å². The van der Waals surface area contributed by atoms with E-state index in [-0.39, 0.29) is 31.6 Å². The average molecular weight is 448 g/mol. The molecule has 2 aromatic rings. The molecule has 0 saturated heterocycles. The van der Waals surface area contributed by atoms with Gasteiger partial charge in [-0.3, -0.25) is 9.78 Å². The molecule has 1 aromatic carbocycles. The predicted molar refractivity (Wildman–Crippen MR) is 73.4 cm³/mol. The van der Waals surface area contributed by atoms with E-state index in [4.69, 9.17) is 5.11 Å². The Morgan fingerprint density at radius 1 is 1.30 bits per heavy atom. The maximum atomic E-state index is 10.0. The van der Waals surface area contributed by atoms with Crippen LogP contribution in [0.4, 0.5) is 0 Å². The molecule has 0 spiro atoms. The van der Waals surface area contributed by atoms with Crippen LogP contribution in [0.2, 0.25) is 0 Å². The van der Waals surface area contributed by atoms with Gasteiger partial charge in [-0.2, -0.15) is 0 Å². The molecule has 0 saturated carbocycles. The van der Waals surface area contributed by atoms with Gasteiger partial charge in [-0.15, -0.1) is 35.9 Å². The van der Waals surface area contributed by atoms with Gasteiger partial charge >= 0.3 is 0 Å². The van der Waals surface area contributed by atoms with Crippen LogP contribution in [0.1, 0.15) is 13.8 Å². The number of nitrogens with zero attached hydrogens (tertiary/aromatic N) is 2. The summed E-state index contributed by atoms with van der Waals surface area (Å²) in [6.07, 6.45) is 6.23. The first kappa shape index (κ1) is 18.2. The Kier molecular flexibility index (Phi) is 9.09. The van der Waals surface area contributed by atoms with Crippen LogP contribution in [0.25, 0.3) is 11.3 Å². The number of hydrogen-bond donors (Lipinski definition) is 1. The Morgan fingerprint density at radius 3 is 2.45 bits per heavy atom. The topological polar surface area (TPSA) is 63.1 Å². The molecule has 5 heteroatoms. The van der Waals surface area contributed by atoms with Gasteiger partial charge in [0.15, 0.2) is 5.78 Å². The Hall–Kier alpha value is -1.84. The summed E-state index contributed by atoms with van der Waals surface area (Å²) in [5, 5.41) is 8.36. The first-order valence-corrected chi connectivity index (χ1v) is 5.70. The second-order valence-corrected chi connectivity index (χ2v) is 3.76. The number of ketones is 1. The van der Waals surface area contributed by atoms with Gasteiger partial charge in [0, 0.05) is 50.5 Å². The molecule has 0 atom stereocenters. The summed E-state index contributed by atoms with van der Waals surface area (Å²) in [4.78, 5) is 18.2. The smallest absolute Gasteiger partial charge is 0.155 e. The van der Waals surface area contributed by atoms with E-state index in [1.54, 1.807) is 18.6 Å². The molecule has 1 heterocycles. The second kappa shape index (κ2) is 10.0. The first-order valence-electron chi connectivity index (χ1n) is 5.70. The third kappa shape index (κ3) is 7.56. The Bertz CT molecular complexity index is 501. The first-order chi connectivity index (χ1) is 9.09. The number of aromatic nitrogens is 2. The fourth-order valence-corrected chi connectivity index (χ4v) is 1.29. The van der Waals surface area contributed by atoms with Gasteiger partial charge in [0.05, 0.1) is 5.76 Å². The van der Waals surface area contributed by atoms with E-state index < -0.39 is 0 Å². The van der Waals surface area contributed by atoms with E-state index in [0.29, 0.717) is 0 Å². The van der Waals surface area contributed by atoms with Crippen LogP contribution >= 0.6 is 0 Å². The van der Waals surface area contributed by atoms with Crippen molar-refractivity contribution in [2.24, 2.45) is 0 Å². The summed E-state index contributed by atoms with van der Waals surface area (Å²) in [6.45, 7) is 2.85. The number of carbonyl (C=O) groups is 1. The molecular weight excluding hydrogens is 432 g/mol. The molecule has 2 rings (SSSR count). The fraction of sp³-hybridized carbons (Fsp3) is 0.133. The van der Waals surface area contributed by atoms with Gasteiger partial charge in [-0.1, -0.05) is 0 Å². The number of aliphatic hydroxyl groups is 1. The van der Waals surface area contributed by atoms with Crippen molar-refractivity contribution in [1.29, 1.82) is 0 Å². The molecule has 20 heavy (non-hydrogen) atoms. The van der Waals surface area contributed by atoms with Crippen molar-refractivity contribution in [3.05, 3.63) is 60.8 Å². The van der Waals surface area contributed by atoms with E-state index in [1.807, 2.05) is 24.3 Å². The number of benzene rings is 1. The maximum absolute atomic E-state index is 10.0. The molecule has 0 aliphatic heterocycles. The Labute approximate surface area is 132 Å². The SMILES string of the molecule is CC(=O)/C=C(/C)O.[Ir].[c-]1ccccc1-c1cnccn1. The van der Waals surface area contributed by atoms with Crippen LogP contribution in [0.15, 0.2) is 54.7 Å². The van der Waals surface area contributed by atoms with Crippen molar-refractivity contribution in [2.45, 2.75) is 13.8 Å². The quantitative estimate of drug-likeness (QED) is 0.437. The molecule has 0 bridgehead atoms. The molecule has 0 fully saturated rings. The van der Waals surface area contributed by atoms with Crippen molar-refractivity contribution in [2.75, 3.05) is 0 Å². The normalized spacial score (nSPS) is 9.80. The number of hydrogen-bond acceptors (Lipinski definition) is 4. The summed E-state index contributed by atoms with van der Waals surface area (Å²) in [5.74, 6) is -0.0625. The minimum absolute atomic E-state index is 0. The van der Waals surface area contributed by atoms with Gasteiger partial charge in [0.2, 0.25) is 0 Å². The van der Waals surface area contributed by atoms with Crippen LogP contribution in [0, 0.1) is 6.07 Å². The fourth-order valence-electron chi connectivity index (χ4n) is 1.29. The van der Waals surface area contributed by atoms with Crippen molar-refractivity contribution in [1.82, 2.24) is 9.97 Å². The van der Waals surface area contributed by atoms with Crippen molar-refractivity contribution in [3.63, 3.8) is 0 Å². The molecule has 0 amide bonds. The summed E-state index contributed by atoms with van der Waals surface area (Å²) in [7, 11) is 0. The zero-order chi connectivity index (χ0) is 14.1. The van der Waals surface area contributed by atoms with Crippen LogP contribution in [0.5, 0.6) is 0 Å². The molecule has 1 aromatic heterocycles. The molecule has 0 unspecified atom stereocenters. The number of carbonyl (C=O) groups excluding carboxylic acids is 1. The van der Waals surface area contributed by atoms with E-state index in [2.05, 4.69) is 16.0 Å². The third-order valence-electron chi connectivity index (χ3n) is 1.96. The standard InChI is InChI=1S/C10H7N2.C5H8O2.Ir/c1-2-4-9(5-3-1)10-8-11-6-7-12-10;1-4(6)3-5(2)7;/h1-4,6-8H;3,6H,1-2H3;/q-1;;/b;4-3-;. The van der Waals surface area contributed by atoms with E-state index in [1.165, 1.54) is 19.9 Å². The van der Waals surface area contributed by atoms with Crippen molar-refractivity contribution >= 4 is 5.78 Å². The monoisotopic (exact) mass is 448 g/mol. The number of allylic oxidation sites excluding steroid dienone is 2. The summed E-state index contributed by atoms with van der Waals surface area (Å²) in [5.41, 5.74) is 1.84. The summed E-state index contributed by atoms with van der Waals surface area (Å²) >= 11 is 0. The maximum Gasteiger partial charge on any atom is 0.155 e. The summed E-state index contributed by atoms with van der Waals surface area (Å²) < 4.78 is 0. The molecule has 0 aliphatic carbocycles. The van der Waals surface area contributed by atoms with Crippen LogP contribution < -0.4 is 0 Å². The average Bonchev–Trinajstić information content (AvgIpc) is 2.40. The zero-order valence-corrected chi connectivity index (χ0v) is 13.6. The van der Waals surface area contributed by atoms with Crippen LogP contribution in [0.3, 0.4) is 0 Å². The molecule has 1 radical (unpaired) electrons. The molecule has 0 aliphatic rings. The van der Waals surface area contributed by atoms with Crippen LogP contribution in [-0.4, -0.2) is 20.9 Å². The largest absolute Gasteiger partial charge is 0.512 e. The molecule has 4 nitrogen and oxygen atoms in total. The van der Waals surface area contributed by atoms with E-state index in [0.717, 1.165) is 11.3 Å². The third-order valence-corrected chi connectivity index (χ3v) is 1.96. The summed E-state index contributed by atoms with van der Waals surface area (Å²) in [6, 6.07) is 10.8. The molecule has 1 N–H and O–H groups in total. The van der Waals surface area contributed by atoms with Crippen molar-refractivity contribution < 1.29 is 30.0 Å². The predicted octanol–water partition coefficient (Wildman–Crippen LogP) is 2.98. The second-order valence-electron chi connectivity index (χ2n) is 3.76. The van der Waals surface area contributed by atoms with Gasteiger partial charge in [-0.25, -0.2) is 0 Å². The van der Waals surface area contributed by atoms with Gasteiger partial charge < -0.3 is 10.1 Å². The van der Waals surface area contributed by atoms with E-state index >= 15 is 0 Å². The minimum Gasteiger partial charge on any atom is -0.512 e. The van der Waals surface area contributed by atoms with Gasteiger partial charge in [0.1, 0.15) is 0 Å². The molecule has 107 valence electrons. The minimum atomic E-state index is -0.125. The van der Waals surface area contributed by atoms with E-state index in [9.17, 15) is 4.79 Å². The Balaban J connectivity index is 0.000000396. The van der Waals surface area contributed by atoms with Gasteiger partial charge in [0.25, 0.3) is 0 Å². The Morgan fingerprint density at radius 2 is 2.05 bits per heavy atom.